The second kappa shape index (κ2) is 8.89. The standard InChI is InChI=1S/C18H20N2O8/c1-9-10-4-13(26-2)14(27-3)6-12(10)28-18(25)11(9)5-15(21)19-7-16(22)20-8-17(23)24/h4,6H,5,7-8H2,1-3H3,(H,19,21)(H,20,22)(H,23,24)/p-1. The van der Waals surface area contributed by atoms with Gasteiger partial charge in [-0.2, -0.15) is 0 Å². The molecule has 0 atom stereocenters. The van der Waals surface area contributed by atoms with Gasteiger partial charge in [0.2, 0.25) is 11.8 Å². The number of rotatable bonds is 8. The van der Waals surface area contributed by atoms with E-state index in [0.29, 0.717) is 22.4 Å². The number of ether oxygens (including phenoxy) is 2. The summed E-state index contributed by atoms with van der Waals surface area (Å²) in [5, 5.41) is 15.2. The Balaban J connectivity index is 2.20. The number of nitrogens with one attached hydrogen (secondary N) is 2. The predicted octanol–water partition coefficient (Wildman–Crippen LogP) is -1.36. The third kappa shape index (κ3) is 4.78. The van der Waals surface area contributed by atoms with E-state index in [2.05, 4.69) is 10.6 Å². The van der Waals surface area contributed by atoms with Crippen LogP contribution in [0.4, 0.5) is 0 Å². The minimum Gasteiger partial charge on any atom is -0.548 e. The molecule has 0 fully saturated rings. The monoisotopic (exact) mass is 391 g/mol. The first-order chi connectivity index (χ1) is 13.3. The number of methoxy groups -OCH3 is 2. The number of carbonyl (C=O) groups is 3. The highest BCUT2D eigenvalue weighted by Gasteiger charge is 2.17. The second-order valence-electron chi connectivity index (χ2n) is 5.80. The minimum atomic E-state index is -1.45. The number of hydrogen-bond donors (Lipinski definition) is 2. The maximum absolute atomic E-state index is 12.3. The van der Waals surface area contributed by atoms with Crippen LogP contribution in [0.15, 0.2) is 21.3 Å². The van der Waals surface area contributed by atoms with Crippen molar-refractivity contribution in [3.63, 3.8) is 0 Å². The smallest absolute Gasteiger partial charge is 0.340 e. The Bertz CT molecular complexity index is 980. The van der Waals surface area contributed by atoms with Crippen molar-refractivity contribution in [3.05, 3.63) is 33.7 Å². The number of aliphatic carboxylic acids is 1. The van der Waals surface area contributed by atoms with Crippen molar-refractivity contribution in [2.24, 2.45) is 0 Å². The molecule has 0 aliphatic carbocycles. The molecule has 0 aliphatic rings. The summed E-state index contributed by atoms with van der Waals surface area (Å²) in [5.74, 6) is -1.91. The van der Waals surface area contributed by atoms with Crippen LogP contribution in [0.1, 0.15) is 11.1 Å². The zero-order valence-electron chi connectivity index (χ0n) is 15.5. The number of hydrogen-bond acceptors (Lipinski definition) is 8. The third-order valence-corrected chi connectivity index (χ3v) is 4.00. The molecule has 10 nitrogen and oxygen atoms in total. The first kappa shape index (κ1) is 20.7. The number of amides is 2. The summed E-state index contributed by atoms with van der Waals surface area (Å²) < 4.78 is 15.7. The van der Waals surface area contributed by atoms with Crippen molar-refractivity contribution in [1.82, 2.24) is 10.6 Å². The Hall–Kier alpha value is -3.56. The molecule has 0 saturated heterocycles. The molecule has 0 radical (unpaired) electrons. The molecule has 2 rings (SSSR count). The number of carboxylic acids is 1. The van der Waals surface area contributed by atoms with Gasteiger partial charge in [0.1, 0.15) is 5.58 Å². The normalized spacial score (nSPS) is 10.4. The lowest BCUT2D eigenvalue weighted by molar-refractivity contribution is -0.304. The average Bonchev–Trinajstić information content (AvgIpc) is 2.66. The Labute approximate surface area is 159 Å². The Morgan fingerprint density at radius 3 is 2.25 bits per heavy atom. The topological polar surface area (TPSA) is 147 Å². The highest BCUT2D eigenvalue weighted by molar-refractivity contribution is 5.89. The van der Waals surface area contributed by atoms with Crippen LogP contribution in [0.3, 0.4) is 0 Å². The van der Waals surface area contributed by atoms with Crippen molar-refractivity contribution >= 4 is 28.8 Å². The average molecular weight is 391 g/mol. The number of carboxylic acid groups (broad SMARTS) is 1. The lowest BCUT2D eigenvalue weighted by Gasteiger charge is -2.12. The maximum Gasteiger partial charge on any atom is 0.340 e. The van der Waals surface area contributed by atoms with E-state index in [1.54, 1.807) is 13.0 Å². The summed E-state index contributed by atoms with van der Waals surface area (Å²) in [7, 11) is 2.93. The van der Waals surface area contributed by atoms with E-state index >= 15 is 0 Å². The van der Waals surface area contributed by atoms with E-state index in [-0.39, 0.29) is 17.6 Å². The van der Waals surface area contributed by atoms with E-state index in [4.69, 9.17) is 13.9 Å². The van der Waals surface area contributed by atoms with E-state index in [9.17, 15) is 24.3 Å². The van der Waals surface area contributed by atoms with Gasteiger partial charge in [-0.15, -0.1) is 0 Å². The summed E-state index contributed by atoms with van der Waals surface area (Å²) in [4.78, 5) is 46.1. The zero-order chi connectivity index (χ0) is 20.8. The molecule has 2 N–H and O–H groups in total. The Morgan fingerprint density at radius 2 is 1.64 bits per heavy atom. The SMILES string of the molecule is COc1cc2oc(=O)c(CC(=O)NCC(=O)NCC(=O)[O-])c(C)c2cc1OC. The molecule has 0 aliphatic heterocycles. The van der Waals surface area contributed by atoms with Gasteiger partial charge in [-0.05, 0) is 18.6 Å². The van der Waals surface area contributed by atoms with Crippen molar-refractivity contribution in [1.29, 1.82) is 0 Å². The van der Waals surface area contributed by atoms with Crippen LogP contribution in [0.2, 0.25) is 0 Å². The van der Waals surface area contributed by atoms with E-state index < -0.39 is 36.5 Å². The van der Waals surface area contributed by atoms with Crippen LogP contribution >= 0.6 is 0 Å². The largest absolute Gasteiger partial charge is 0.548 e. The molecule has 0 saturated carbocycles. The lowest BCUT2D eigenvalue weighted by Crippen LogP contribution is -2.43. The minimum absolute atomic E-state index is 0.132. The van der Waals surface area contributed by atoms with Crippen LogP contribution in [0.5, 0.6) is 11.5 Å². The highest BCUT2D eigenvalue weighted by Crippen LogP contribution is 2.33. The Kier molecular flexibility index (Phi) is 6.59. The zero-order valence-corrected chi connectivity index (χ0v) is 15.5. The molecular weight excluding hydrogens is 372 g/mol. The molecule has 150 valence electrons. The van der Waals surface area contributed by atoms with Crippen LogP contribution in [-0.2, 0) is 20.8 Å². The fraction of sp³-hybridized carbons (Fsp3) is 0.333. The first-order valence-electron chi connectivity index (χ1n) is 8.18. The van der Waals surface area contributed by atoms with Crippen molar-refractivity contribution < 1.29 is 33.4 Å². The molecule has 2 aromatic rings. The molecular formula is C18H19N2O8-. The maximum atomic E-state index is 12.3. The number of benzene rings is 1. The summed E-state index contributed by atoms with van der Waals surface area (Å²) in [6.07, 6.45) is -0.313. The number of aryl methyl sites for hydroxylation is 1. The van der Waals surface area contributed by atoms with Crippen LogP contribution in [-0.4, -0.2) is 45.1 Å². The second-order valence-corrected chi connectivity index (χ2v) is 5.80. The van der Waals surface area contributed by atoms with Gasteiger partial charge in [-0.1, -0.05) is 0 Å². The summed E-state index contributed by atoms with van der Waals surface area (Å²) in [6.45, 7) is 0.572. The highest BCUT2D eigenvalue weighted by atomic mass is 16.5. The number of fused-ring (bicyclic) bond motifs is 1. The fourth-order valence-electron chi connectivity index (χ4n) is 2.55. The van der Waals surface area contributed by atoms with Gasteiger partial charge in [0, 0.05) is 11.5 Å². The van der Waals surface area contributed by atoms with Gasteiger partial charge >= 0.3 is 5.63 Å². The fourth-order valence-corrected chi connectivity index (χ4v) is 2.55. The van der Waals surface area contributed by atoms with Gasteiger partial charge in [-0.3, -0.25) is 9.59 Å². The summed E-state index contributed by atoms with van der Waals surface area (Å²) in [5.41, 5.74) is 0.260. The molecule has 1 aromatic carbocycles. The number of carbonyl (C=O) groups excluding carboxylic acids is 3. The molecule has 28 heavy (non-hydrogen) atoms. The van der Waals surface area contributed by atoms with E-state index in [1.165, 1.54) is 20.3 Å². The molecule has 0 spiro atoms. The van der Waals surface area contributed by atoms with Crippen molar-refractivity contribution in [2.45, 2.75) is 13.3 Å². The van der Waals surface area contributed by atoms with Crippen molar-refractivity contribution in [2.75, 3.05) is 27.3 Å². The molecule has 0 bridgehead atoms. The molecule has 0 unspecified atom stereocenters. The first-order valence-corrected chi connectivity index (χ1v) is 8.18. The predicted molar refractivity (Wildman–Crippen MR) is 95.1 cm³/mol. The molecule has 1 heterocycles. The van der Waals surface area contributed by atoms with Gasteiger partial charge in [0.05, 0.1) is 45.3 Å². The van der Waals surface area contributed by atoms with E-state index in [1.807, 2.05) is 0 Å². The van der Waals surface area contributed by atoms with Crippen LogP contribution < -0.4 is 30.8 Å². The van der Waals surface area contributed by atoms with Gasteiger partial charge in [0.15, 0.2) is 11.5 Å². The van der Waals surface area contributed by atoms with Crippen molar-refractivity contribution in [3.8, 4) is 11.5 Å². The van der Waals surface area contributed by atoms with Gasteiger partial charge in [0.25, 0.3) is 0 Å². The summed E-state index contributed by atoms with van der Waals surface area (Å²) >= 11 is 0. The van der Waals surface area contributed by atoms with Gasteiger partial charge in [-0.25, -0.2) is 4.79 Å². The molecule has 10 heteroatoms. The van der Waals surface area contributed by atoms with Gasteiger partial charge < -0.3 is 34.4 Å². The quantitative estimate of drug-likeness (QED) is 0.525. The van der Waals surface area contributed by atoms with Crippen LogP contribution in [0, 0.1) is 6.92 Å². The van der Waals surface area contributed by atoms with E-state index in [0.717, 1.165) is 0 Å². The molecule has 2 amide bonds. The van der Waals surface area contributed by atoms with Crippen LogP contribution in [0.25, 0.3) is 11.0 Å². The lowest BCUT2D eigenvalue weighted by atomic mass is 10.0. The molecule has 1 aromatic heterocycles. The third-order valence-electron chi connectivity index (χ3n) is 4.00. The Morgan fingerprint density at radius 1 is 1.04 bits per heavy atom. The summed E-state index contributed by atoms with van der Waals surface area (Å²) in [6, 6.07) is 3.16.